The number of hydrogen-bond donors (Lipinski definition) is 2. The van der Waals surface area contributed by atoms with Gasteiger partial charge in [-0.25, -0.2) is 0 Å². The molecule has 1 rings (SSSR count). The van der Waals surface area contributed by atoms with Crippen molar-refractivity contribution < 1.29 is 4.74 Å². The number of ether oxygens (including phenoxy) is 1. The standard InChI is InChI=1S/C16H33N3OS/c1-4-17-15(18-11-7-13-21-3)19-14-16(10-12-20-2)8-5-6-9-16/h4-14H2,1-3H3,(H2,17,18,19). The van der Waals surface area contributed by atoms with Gasteiger partial charge in [0.15, 0.2) is 5.96 Å². The van der Waals surface area contributed by atoms with Crippen LogP contribution in [0.2, 0.25) is 0 Å². The maximum absolute atomic E-state index is 5.29. The van der Waals surface area contributed by atoms with Crippen molar-refractivity contribution in [2.24, 2.45) is 10.4 Å². The van der Waals surface area contributed by atoms with Crippen molar-refractivity contribution in [3.8, 4) is 0 Å². The molecule has 0 unspecified atom stereocenters. The molecule has 0 aromatic rings. The topological polar surface area (TPSA) is 45.7 Å². The zero-order valence-electron chi connectivity index (χ0n) is 14.0. The summed E-state index contributed by atoms with van der Waals surface area (Å²) in [5.41, 5.74) is 0.373. The molecule has 0 aromatic heterocycles. The Morgan fingerprint density at radius 3 is 2.67 bits per heavy atom. The van der Waals surface area contributed by atoms with Gasteiger partial charge in [-0.3, -0.25) is 4.99 Å². The van der Waals surface area contributed by atoms with E-state index in [1.54, 1.807) is 7.11 Å². The number of nitrogens with zero attached hydrogens (tertiary/aromatic N) is 1. The van der Waals surface area contributed by atoms with Crippen LogP contribution in [0.5, 0.6) is 0 Å². The molecule has 0 spiro atoms. The Morgan fingerprint density at radius 2 is 2.05 bits per heavy atom. The summed E-state index contributed by atoms with van der Waals surface area (Å²) in [6.45, 7) is 5.81. The first-order valence-electron chi connectivity index (χ1n) is 8.26. The van der Waals surface area contributed by atoms with Crippen molar-refractivity contribution in [1.29, 1.82) is 0 Å². The second kappa shape index (κ2) is 11.2. The van der Waals surface area contributed by atoms with Crippen LogP contribution in [-0.4, -0.2) is 51.3 Å². The maximum Gasteiger partial charge on any atom is 0.191 e. The van der Waals surface area contributed by atoms with E-state index < -0.39 is 0 Å². The van der Waals surface area contributed by atoms with Crippen LogP contribution in [0.25, 0.3) is 0 Å². The molecule has 2 N–H and O–H groups in total. The summed E-state index contributed by atoms with van der Waals surface area (Å²) >= 11 is 1.89. The van der Waals surface area contributed by atoms with Crippen LogP contribution in [0, 0.1) is 5.41 Å². The van der Waals surface area contributed by atoms with Crippen LogP contribution >= 0.6 is 11.8 Å². The molecule has 4 nitrogen and oxygen atoms in total. The molecule has 1 aliphatic carbocycles. The first kappa shape index (κ1) is 18.6. The van der Waals surface area contributed by atoms with E-state index in [1.165, 1.54) is 37.9 Å². The Labute approximate surface area is 134 Å². The van der Waals surface area contributed by atoms with Gasteiger partial charge in [-0.2, -0.15) is 11.8 Å². The second-order valence-electron chi connectivity index (χ2n) is 5.92. The number of hydrogen-bond acceptors (Lipinski definition) is 3. The Kier molecular flexibility index (Phi) is 9.92. The van der Waals surface area contributed by atoms with Gasteiger partial charge in [0.25, 0.3) is 0 Å². The van der Waals surface area contributed by atoms with Crippen molar-refractivity contribution in [3.05, 3.63) is 0 Å². The molecule has 0 aromatic carbocycles. The van der Waals surface area contributed by atoms with E-state index >= 15 is 0 Å². The average molecular weight is 316 g/mol. The van der Waals surface area contributed by atoms with Gasteiger partial charge >= 0.3 is 0 Å². The number of rotatable bonds is 10. The summed E-state index contributed by atoms with van der Waals surface area (Å²) in [6.07, 6.45) is 9.75. The lowest BCUT2D eigenvalue weighted by atomic mass is 9.83. The van der Waals surface area contributed by atoms with E-state index in [9.17, 15) is 0 Å². The van der Waals surface area contributed by atoms with E-state index in [0.29, 0.717) is 5.41 Å². The number of aliphatic imine (C=N–C) groups is 1. The lowest BCUT2D eigenvalue weighted by Gasteiger charge is -2.27. The molecule has 0 amide bonds. The third-order valence-electron chi connectivity index (χ3n) is 4.24. The van der Waals surface area contributed by atoms with Crippen molar-refractivity contribution in [3.63, 3.8) is 0 Å². The fourth-order valence-electron chi connectivity index (χ4n) is 2.94. The van der Waals surface area contributed by atoms with Crippen molar-refractivity contribution in [2.75, 3.05) is 45.4 Å². The molecule has 21 heavy (non-hydrogen) atoms. The van der Waals surface area contributed by atoms with E-state index in [4.69, 9.17) is 9.73 Å². The lowest BCUT2D eigenvalue weighted by molar-refractivity contribution is 0.141. The van der Waals surface area contributed by atoms with Crippen LogP contribution in [0.4, 0.5) is 0 Å². The zero-order chi connectivity index (χ0) is 15.4. The predicted octanol–water partition coefficient (Wildman–Crippen LogP) is 2.89. The Bertz CT molecular complexity index is 291. The Hall–Kier alpha value is -0.420. The fraction of sp³-hybridized carbons (Fsp3) is 0.938. The third kappa shape index (κ3) is 7.41. The van der Waals surface area contributed by atoms with Gasteiger partial charge in [0, 0.05) is 33.4 Å². The van der Waals surface area contributed by atoms with Crippen LogP contribution < -0.4 is 10.6 Å². The van der Waals surface area contributed by atoms with Crippen LogP contribution in [0.3, 0.4) is 0 Å². The molecule has 0 atom stereocenters. The highest BCUT2D eigenvalue weighted by Gasteiger charge is 2.33. The zero-order valence-corrected chi connectivity index (χ0v) is 14.9. The summed E-state index contributed by atoms with van der Waals surface area (Å²) in [7, 11) is 1.79. The highest BCUT2D eigenvalue weighted by molar-refractivity contribution is 7.98. The minimum absolute atomic E-state index is 0.373. The van der Waals surface area contributed by atoms with Crippen molar-refractivity contribution in [2.45, 2.75) is 45.4 Å². The molecular weight excluding hydrogens is 282 g/mol. The monoisotopic (exact) mass is 315 g/mol. The quantitative estimate of drug-likeness (QED) is 0.370. The Balaban J connectivity index is 2.48. The molecule has 0 bridgehead atoms. The van der Waals surface area contributed by atoms with Gasteiger partial charge in [-0.15, -0.1) is 0 Å². The summed E-state index contributed by atoms with van der Waals surface area (Å²) in [5, 5.41) is 6.80. The number of guanidine groups is 1. The molecule has 124 valence electrons. The van der Waals surface area contributed by atoms with E-state index in [2.05, 4.69) is 23.8 Å². The van der Waals surface area contributed by atoms with Gasteiger partial charge in [0.1, 0.15) is 0 Å². The smallest absolute Gasteiger partial charge is 0.191 e. The summed E-state index contributed by atoms with van der Waals surface area (Å²) in [5.74, 6) is 2.17. The number of methoxy groups -OCH3 is 1. The van der Waals surface area contributed by atoms with Gasteiger partial charge in [-0.05, 0) is 50.0 Å². The number of thioether (sulfide) groups is 1. The van der Waals surface area contributed by atoms with Gasteiger partial charge in [0.05, 0.1) is 0 Å². The molecule has 1 saturated carbocycles. The maximum atomic E-state index is 5.29. The molecular formula is C16H33N3OS. The minimum atomic E-state index is 0.373. The summed E-state index contributed by atoms with van der Waals surface area (Å²) in [4.78, 5) is 4.85. The van der Waals surface area contributed by atoms with E-state index in [0.717, 1.165) is 38.6 Å². The molecule has 5 heteroatoms. The summed E-state index contributed by atoms with van der Waals surface area (Å²) < 4.78 is 5.29. The lowest BCUT2D eigenvalue weighted by Crippen LogP contribution is -2.39. The highest BCUT2D eigenvalue weighted by Crippen LogP contribution is 2.41. The molecule has 0 heterocycles. The van der Waals surface area contributed by atoms with Crippen LogP contribution in [0.15, 0.2) is 4.99 Å². The summed E-state index contributed by atoms with van der Waals surface area (Å²) in [6, 6.07) is 0. The minimum Gasteiger partial charge on any atom is -0.385 e. The van der Waals surface area contributed by atoms with E-state index in [-0.39, 0.29) is 0 Å². The highest BCUT2D eigenvalue weighted by atomic mass is 32.2. The molecule has 1 aliphatic rings. The molecule has 0 aliphatic heterocycles. The molecule has 0 saturated heterocycles. The third-order valence-corrected chi connectivity index (χ3v) is 4.93. The van der Waals surface area contributed by atoms with Gasteiger partial charge in [-0.1, -0.05) is 12.8 Å². The second-order valence-corrected chi connectivity index (χ2v) is 6.90. The van der Waals surface area contributed by atoms with Crippen LogP contribution in [-0.2, 0) is 4.74 Å². The first-order chi connectivity index (χ1) is 10.3. The predicted molar refractivity (Wildman–Crippen MR) is 94.4 cm³/mol. The first-order valence-corrected chi connectivity index (χ1v) is 9.66. The molecule has 0 radical (unpaired) electrons. The van der Waals surface area contributed by atoms with Gasteiger partial charge in [0.2, 0.25) is 0 Å². The largest absolute Gasteiger partial charge is 0.385 e. The SMILES string of the molecule is CCNC(=NCC1(CCOC)CCCC1)NCCCSC. The normalized spacial score (nSPS) is 18.0. The van der Waals surface area contributed by atoms with Crippen LogP contribution in [0.1, 0.15) is 45.4 Å². The van der Waals surface area contributed by atoms with Crippen molar-refractivity contribution >= 4 is 17.7 Å². The fourth-order valence-corrected chi connectivity index (χ4v) is 3.38. The average Bonchev–Trinajstić information content (AvgIpc) is 2.96. The van der Waals surface area contributed by atoms with Crippen molar-refractivity contribution in [1.82, 2.24) is 10.6 Å². The van der Waals surface area contributed by atoms with E-state index in [1.807, 2.05) is 11.8 Å². The van der Waals surface area contributed by atoms with Gasteiger partial charge < -0.3 is 15.4 Å². The molecule has 1 fully saturated rings. The Morgan fingerprint density at radius 1 is 1.29 bits per heavy atom. The number of nitrogens with one attached hydrogen (secondary N) is 2.